The fourth-order valence-electron chi connectivity index (χ4n) is 3.07. The Bertz CT molecular complexity index is 1020. The van der Waals surface area contributed by atoms with Crippen molar-refractivity contribution in [3.63, 3.8) is 0 Å². The second-order valence-corrected chi connectivity index (χ2v) is 6.45. The first-order chi connectivity index (χ1) is 14.6. The van der Waals surface area contributed by atoms with Crippen LogP contribution in [0.2, 0.25) is 0 Å². The molecule has 0 aliphatic heterocycles. The van der Waals surface area contributed by atoms with E-state index in [2.05, 4.69) is 4.98 Å². The van der Waals surface area contributed by atoms with Gasteiger partial charge in [-0.25, -0.2) is 4.79 Å². The van der Waals surface area contributed by atoms with Gasteiger partial charge >= 0.3 is 6.03 Å². The Morgan fingerprint density at radius 3 is 2.20 bits per heavy atom. The zero-order valence-electron chi connectivity index (χ0n) is 17.6. The van der Waals surface area contributed by atoms with E-state index >= 15 is 0 Å². The molecule has 30 heavy (non-hydrogen) atoms. The van der Waals surface area contributed by atoms with Crippen molar-refractivity contribution >= 4 is 23.2 Å². The van der Waals surface area contributed by atoms with Crippen LogP contribution in [-0.2, 0) is 0 Å². The molecule has 0 saturated heterocycles. The van der Waals surface area contributed by atoms with Crippen LogP contribution in [0.1, 0.15) is 12.5 Å². The summed E-state index contributed by atoms with van der Waals surface area (Å²) >= 11 is 0. The number of amides is 2. The van der Waals surface area contributed by atoms with E-state index in [0.717, 1.165) is 17.0 Å². The summed E-state index contributed by atoms with van der Waals surface area (Å²) in [6.07, 6.45) is 1.92. The first-order valence-electron chi connectivity index (χ1n) is 9.53. The van der Waals surface area contributed by atoms with Crippen molar-refractivity contribution in [2.45, 2.75) is 6.92 Å². The predicted octanol–water partition coefficient (Wildman–Crippen LogP) is 5.22. The molecule has 6 nitrogen and oxygen atoms in total. The van der Waals surface area contributed by atoms with Gasteiger partial charge in [0.25, 0.3) is 0 Å². The van der Waals surface area contributed by atoms with Gasteiger partial charge in [-0.1, -0.05) is 42.5 Å². The molecule has 0 saturated carbocycles. The molecule has 0 unspecified atom stereocenters. The summed E-state index contributed by atoms with van der Waals surface area (Å²) in [6.45, 7) is 1.91. The van der Waals surface area contributed by atoms with Crippen LogP contribution in [0, 0.1) is 0 Å². The molecule has 6 heteroatoms. The maximum atomic E-state index is 13.7. The number of carbonyl (C=O) groups excluding carboxylic acids is 1. The minimum absolute atomic E-state index is 0.252. The Kier molecular flexibility index (Phi) is 6.70. The highest BCUT2D eigenvalue weighted by Gasteiger charge is 2.26. The third-order valence-electron chi connectivity index (χ3n) is 4.65. The summed E-state index contributed by atoms with van der Waals surface area (Å²) in [7, 11) is 4.85. The van der Waals surface area contributed by atoms with Gasteiger partial charge < -0.3 is 9.47 Å². The molecular formula is C24H25N3O3. The van der Waals surface area contributed by atoms with Gasteiger partial charge in [-0.05, 0) is 42.8 Å². The summed E-state index contributed by atoms with van der Waals surface area (Å²) in [6, 6.07) is 22.2. The first-order valence-corrected chi connectivity index (χ1v) is 9.53. The molecule has 0 spiro atoms. The van der Waals surface area contributed by atoms with E-state index in [1.54, 1.807) is 44.4 Å². The highest BCUT2D eigenvalue weighted by molar-refractivity contribution is 6.11. The average molecular weight is 403 g/mol. The van der Waals surface area contributed by atoms with Gasteiger partial charge in [0.05, 0.1) is 25.6 Å². The van der Waals surface area contributed by atoms with Crippen molar-refractivity contribution < 1.29 is 14.3 Å². The number of ether oxygens (including phenoxy) is 2. The number of aromatic nitrogens is 1. The first kappa shape index (κ1) is 20.9. The fraction of sp³-hybridized carbons (Fsp3) is 0.167. The lowest BCUT2D eigenvalue weighted by Crippen LogP contribution is -2.40. The van der Waals surface area contributed by atoms with Gasteiger partial charge in [0.1, 0.15) is 11.6 Å². The molecule has 2 amide bonds. The standard InChI is InChI=1S/C24H25N3O3/c1-5-21(18-10-7-6-8-11-18)27(19-14-16-20(29-3)17-15-19)24(28)26(2)22-12-9-13-23(25-22)30-4/h5-17H,1-4H3/b21-5-. The van der Waals surface area contributed by atoms with E-state index in [1.165, 1.54) is 4.90 Å². The molecule has 1 heterocycles. The highest BCUT2D eigenvalue weighted by atomic mass is 16.5. The fourth-order valence-corrected chi connectivity index (χ4v) is 3.07. The van der Waals surface area contributed by atoms with Gasteiger partial charge in [-0.15, -0.1) is 0 Å². The minimum atomic E-state index is -0.252. The molecule has 2 aromatic carbocycles. The number of hydrogen-bond acceptors (Lipinski definition) is 4. The van der Waals surface area contributed by atoms with Gasteiger partial charge in [0.15, 0.2) is 0 Å². The molecule has 0 bridgehead atoms. The summed E-state index contributed by atoms with van der Waals surface area (Å²) in [5.41, 5.74) is 2.41. The number of nitrogens with zero attached hydrogens (tertiary/aromatic N) is 3. The monoisotopic (exact) mass is 403 g/mol. The summed E-state index contributed by atoms with van der Waals surface area (Å²) in [5, 5.41) is 0. The quantitative estimate of drug-likeness (QED) is 0.566. The third kappa shape index (κ3) is 4.43. The molecule has 154 valence electrons. The molecule has 0 aliphatic rings. The molecule has 3 aromatic rings. The van der Waals surface area contributed by atoms with E-state index in [4.69, 9.17) is 9.47 Å². The summed E-state index contributed by atoms with van der Waals surface area (Å²) < 4.78 is 10.5. The van der Waals surface area contributed by atoms with E-state index in [-0.39, 0.29) is 6.03 Å². The number of anilines is 2. The number of carbonyl (C=O) groups is 1. The molecular weight excluding hydrogens is 378 g/mol. The molecule has 1 aromatic heterocycles. The second kappa shape index (κ2) is 9.60. The van der Waals surface area contributed by atoms with Gasteiger partial charge in [0, 0.05) is 13.1 Å². The van der Waals surface area contributed by atoms with Crippen molar-refractivity contribution in [2.24, 2.45) is 0 Å². The lowest BCUT2D eigenvalue weighted by molar-refractivity contribution is 0.254. The van der Waals surface area contributed by atoms with Crippen molar-refractivity contribution in [1.82, 2.24) is 4.98 Å². The number of methoxy groups -OCH3 is 2. The van der Waals surface area contributed by atoms with Crippen LogP contribution in [0.25, 0.3) is 5.70 Å². The molecule has 0 aliphatic carbocycles. The topological polar surface area (TPSA) is 54.9 Å². The highest BCUT2D eigenvalue weighted by Crippen LogP contribution is 2.30. The van der Waals surface area contributed by atoms with Crippen LogP contribution >= 0.6 is 0 Å². The Hall–Kier alpha value is -3.80. The number of benzene rings is 2. The minimum Gasteiger partial charge on any atom is -0.497 e. The number of pyridine rings is 1. The van der Waals surface area contributed by atoms with Crippen LogP contribution in [0.5, 0.6) is 11.6 Å². The van der Waals surface area contributed by atoms with Crippen LogP contribution in [0.3, 0.4) is 0 Å². The lowest BCUT2D eigenvalue weighted by atomic mass is 10.1. The van der Waals surface area contributed by atoms with Gasteiger partial charge in [-0.2, -0.15) is 4.98 Å². The van der Waals surface area contributed by atoms with Crippen molar-refractivity contribution in [3.8, 4) is 11.6 Å². The molecule has 3 rings (SSSR count). The lowest BCUT2D eigenvalue weighted by Gasteiger charge is -2.30. The number of rotatable bonds is 6. The normalized spacial score (nSPS) is 11.0. The SMILES string of the molecule is C/C=C(/c1ccccc1)N(C(=O)N(C)c1cccc(OC)n1)c1ccc(OC)cc1. The zero-order chi connectivity index (χ0) is 21.5. The smallest absolute Gasteiger partial charge is 0.334 e. The molecule has 0 N–H and O–H groups in total. The van der Waals surface area contributed by atoms with E-state index in [9.17, 15) is 4.79 Å². The third-order valence-corrected chi connectivity index (χ3v) is 4.65. The average Bonchev–Trinajstić information content (AvgIpc) is 2.82. The predicted molar refractivity (Wildman–Crippen MR) is 120 cm³/mol. The van der Waals surface area contributed by atoms with Crippen LogP contribution in [0.15, 0.2) is 78.9 Å². The van der Waals surface area contributed by atoms with Crippen molar-refractivity contribution in [3.05, 3.63) is 84.4 Å². The summed E-state index contributed by atoms with van der Waals surface area (Å²) in [5.74, 6) is 1.65. The Morgan fingerprint density at radius 1 is 0.900 bits per heavy atom. The van der Waals surface area contributed by atoms with E-state index < -0.39 is 0 Å². The van der Waals surface area contributed by atoms with Crippen LogP contribution in [-0.4, -0.2) is 32.3 Å². The van der Waals surface area contributed by atoms with Crippen LogP contribution < -0.4 is 19.3 Å². The van der Waals surface area contributed by atoms with E-state index in [0.29, 0.717) is 17.4 Å². The molecule has 0 atom stereocenters. The number of allylic oxidation sites excluding steroid dienone is 1. The Labute approximate surface area is 177 Å². The van der Waals surface area contributed by atoms with Crippen molar-refractivity contribution in [1.29, 1.82) is 0 Å². The maximum absolute atomic E-state index is 13.7. The number of hydrogen-bond donors (Lipinski definition) is 0. The largest absolute Gasteiger partial charge is 0.497 e. The van der Waals surface area contributed by atoms with Crippen LogP contribution in [0.4, 0.5) is 16.3 Å². The van der Waals surface area contributed by atoms with Gasteiger partial charge in [-0.3, -0.25) is 9.80 Å². The maximum Gasteiger partial charge on any atom is 0.334 e. The molecule has 0 radical (unpaired) electrons. The second-order valence-electron chi connectivity index (χ2n) is 6.45. The Morgan fingerprint density at radius 2 is 1.60 bits per heavy atom. The van der Waals surface area contributed by atoms with Crippen molar-refractivity contribution in [2.75, 3.05) is 31.1 Å². The van der Waals surface area contributed by atoms with Gasteiger partial charge in [0.2, 0.25) is 5.88 Å². The summed E-state index contributed by atoms with van der Waals surface area (Å²) in [4.78, 5) is 21.2. The Balaban J connectivity index is 2.06. The number of urea groups is 1. The molecule has 0 fully saturated rings. The van der Waals surface area contributed by atoms with E-state index in [1.807, 2.05) is 67.6 Å². The zero-order valence-corrected chi connectivity index (χ0v) is 17.6.